The van der Waals surface area contributed by atoms with Gasteiger partial charge in [0.15, 0.2) is 5.96 Å². The predicted molar refractivity (Wildman–Crippen MR) is 106 cm³/mol. The Morgan fingerprint density at radius 1 is 1.07 bits per heavy atom. The van der Waals surface area contributed by atoms with Gasteiger partial charge in [0.05, 0.1) is 12.1 Å². The fourth-order valence-electron chi connectivity index (χ4n) is 3.65. The van der Waals surface area contributed by atoms with Gasteiger partial charge in [-0.15, -0.1) is 0 Å². The number of nitrogens with one attached hydrogen (secondary N) is 2. The van der Waals surface area contributed by atoms with Crippen molar-refractivity contribution in [3.63, 3.8) is 0 Å². The molecule has 1 heterocycles. The Bertz CT molecular complexity index is 536. The largest absolute Gasteiger partial charge is 0.375 e. The zero-order chi connectivity index (χ0) is 19.9. The topological polar surface area (TPSA) is 86.3 Å². The van der Waals surface area contributed by atoms with Crippen LogP contribution in [0.3, 0.4) is 0 Å². The van der Waals surface area contributed by atoms with E-state index in [1.165, 1.54) is 29.1 Å². The number of aliphatic imine (C=N–C) groups is 1. The summed E-state index contributed by atoms with van der Waals surface area (Å²) in [6.07, 6.45) is 7.80. The minimum atomic E-state index is -0.0780. The van der Waals surface area contributed by atoms with Crippen LogP contribution in [0.2, 0.25) is 0 Å². The molecular weight excluding hydrogens is 346 g/mol. The lowest BCUT2D eigenvalue weighted by molar-refractivity contribution is -0.127. The number of rotatable bonds is 5. The molecule has 2 rings (SSSR count). The molecule has 8 nitrogen and oxygen atoms in total. The van der Waals surface area contributed by atoms with E-state index in [1.54, 1.807) is 28.2 Å². The molecule has 1 spiro atoms. The predicted octanol–water partition coefficient (Wildman–Crippen LogP) is 0.580. The van der Waals surface area contributed by atoms with Gasteiger partial charge in [0.25, 0.3) is 0 Å². The lowest BCUT2D eigenvalue weighted by Gasteiger charge is -2.44. The Labute approximate surface area is 162 Å². The molecule has 0 aromatic heterocycles. The number of carbonyl (C=O) groups excluding carboxylic acids is 2. The third-order valence-corrected chi connectivity index (χ3v) is 5.38. The average Bonchev–Trinajstić information content (AvgIpc) is 2.63. The van der Waals surface area contributed by atoms with Gasteiger partial charge < -0.3 is 25.2 Å². The fourth-order valence-corrected chi connectivity index (χ4v) is 3.65. The van der Waals surface area contributed by atoms with Gasteiger partial charge in [-0.1, -0.05) is 19.3 Å². The summed E-state index contributed by atoms with van der Waals surface area (Å²) in [7, 11) is 6.85. The van der Waals surface area contributed by atoms with Crippen LogP contribution in [0.5, 0.6) is 0 Å². The van der Waals surface area contributed by atoms with Crippen molar-refractivity contribution < 1.29 is 14.3 Å². The van der Waals surface area contributed by atoms with E-state index in [1.807, 2.05) is 0 Å². The minimum Gasteiger partial charge on any atom is -0.375 e. The normalized spacial score (nSPS) is 22.2. The zero-order valence-electron chi connectivity index (χ0n) is 17.2. The highest BCUT2D eigenvalue weighted by atomic mass is 16.5. The second kappa shape index (κ2) is 9.92. The van der Waals surface area contributed by atoms with E-state index in [2.05, 4.69) is 15.6 Å². The number of amides is 2. The summed E-state index contributed by atoms with van der Waals surface area (Å²) in [5.41, 5.74) is -0.0157. The van der Waals surface area contributed by atoms with E-state index in [0.29, 0.717) is 5.96 Å². The Hall–Kier alpha value is -1.83. The molecule has 1 aliphatic carbocycles. The van der Waals surface area contributed by atoms with Gasteiger partial charge >= 0.3 is 0 Å². The standard InChI is InChI=1S/C19H35N5O3/c1-23(2)16(25)13-20-18(21-14-17(26)24(3)4)22-15-8-11-27-19(12-15)9-6-5-7-10-19/h15H,5-14H2,1-4H3,(H2,20,21,22). The average molecular weight is 382 g/mol. The van der Waals surface area contributed by atoms with Crippen LogP contribution in [-0.2, 0) is 14.3 Å². The molecule has 154 valence electrons. The summed E-state index contributed by atoms with van der Waals surface area (Å²) in [6.45, 7) is 0.925. The van der Waals surface area contributed by atoms with Crippen LogP contribution < -0.4 is 10.6 Å². The minimum absolute atomic E-state index is 0.0157. The third-order valence-electron chi connectivity index (χ3n) is 5.38. The summed E-state index contributed by atoms with van der Waals surface area (Å²) in [4.78, 5) is 31.2. The van der Waals surface area contributed by atoms with Gasteiger partial charge in [-0.3, -0.25) is 9.59 Å². The third kappa shape index (κ3) is 6.68. The molecule has 0 radical (unpaired) electrons. The molecule has 0 aromatic carbocycles. The Kier molecular flexibility index (Phi) is 7.89. The lowest BCUT2D eigenvalue weighted by atomic mass is 9.78. The number of ether oxygens (including phenoxy) is 1. The molecule has 0 aromatic rings. The highest BCUT2D eigenvalue weighted by molar-refractivity contribution is 5.88. The molecule has 2 amide bonds. The van der Waals surface area contributed by atoms with Crippen molar-refractivity contribution in [2.75, 3.05) is 47.9 Å². The Morgan fingerprint density at radius 2 is 1.74 bits per heavy atom. The Balaban J connectivity index is 1.99. The second-order valence-corrected chi connectivity index (χ2v) is 8.02. The van der Waals surface area contributed by atoms with Crippen LogP contribution >= 0.6 is 0 Å². The first-order valence-electron chi connectivity index (χ1n) is 9.90. The molecule has 2 fully saturated rings. The number of hydrogen-bond acceptors (Lipinski definition) is 4. The smallest absolute Gasteiger partial charge is 0.243 e. The van der Waals surface area contributed by atoms with Crippen molar-refractivity contribution in [3.8, 4) is 0 Å². The molecule has 8 heteroatoms. The summed E-state index contributed by atoms with van der Waals surface area (Å²) in [5.74, 6) is 0.392. The van der Waals surface area contributed by atoms with E-state index in [9.17, 15) is 9.59 Å². The molecule has 1 saturated heterocycles. The number of carbonyl (C=O) groups is 2. The summed E-state index contributed by atoms with van der Waals surface area (Å²) in [5, 5.41) is 6.50. The Morgan fingerprint density at radius 3 is 2.37 bits per heavy atom. The number of nitrogens with zero attached hydrogens (tertiary/aromatic N) is 3. The number of likely N-dealkylation sites (N-methyl/N-ethyl adjacent to an activating group) is 2. The van der Waals surface area contributed by atoms with Crippen LogP contribution in [0.1, 0.15) is 44.9 Å². The van der Waals surface area contributed by atoms with Crippen LogP contribution in [0.4, 0.5) is 0 Å². The van der Waals surface area contributed by atoms with Crippen molar-refractivity contribution >= 4 is 17.8 Å². The van der Waals surface area contributed by atoms with Crippen molar-refractivity contribution in [1.82, 2.24) is 20.4 Å². The summed E-state index contributed by atoms with van der Waals surface area (Å²) in [6, 6.07) is 0.229. The van der Waals surface area contributed by atoms with Crippen molar-refractivity contribution in [2.24, 2.45) is 4.99 Å². The van der Waals surface area contributed by atoms with E-state index in [4.69, 9.17) is 4.74 Å². The van der Waals surface area contributed by atoms with Crippen LogP contribution in [0, 0.1) is 0 Å². The van der Waals surface area contributed by atoms with Crippen molar-refractivity contribution in [2.45, 2.75) is 56.6 Å². The lowest BCUT2D eigenvalue weighted by Crippen LogP contribution is -2.53. The fraction of sp³-hybridized carbons (Fsp3) is 0.842. The van der Waals surface area contributed by atoms with E-state index < -0.39 is 0 Å². The first-order chi connectivity index (χ1) is 12.8. The van der Waals surface area contributed by atoms with E-state index >= 15 is 0 Å². The SMILES string of the molecule is CN(C)C(=O)CN=C(NCC(=O)N(C)C)NC1CCOC2(CCCCC2)C1. The summed E-state index contributed by atoms with van der Waals surface area (Å²) < 4.78 is 6.16. The maximum absolute atomic E-state index is 11.9. The molecule has 1 aliphatic heterocycles. The molecule has 2 aliphatic rings. The molecule has 2 N–H and O–H groups in total. The maximum Gasteiger partial charge on any atom is 0.243 e. The monoisotopic (exact) mass is 381 g/mol. The quantitative estimate of drug-likeness (QED) is 0.537. The molecular formula is C19H35N5O3. The van der Waals surface area contributed by atoms with Crippen LogP contribution in [-0.4, -0.2) is 87.1 Å². The van der Waals surface area contributed by atoms with Gasteiger partial charge in [0.1, 0.15) is 6.54 Å². The number of guanidine groups is 1. The van der Waals surface area contributed by atoms with E-state index in [0.717, 1.165) is 32.3 Å². The maximum atomic E-state index is 11.9. The number of hydrogen-bond donors (Lipinski definition) is 2. The molecule has 1 saturated carbocycles. The first kappa shape index (κ1) is 21.5. The van der Waals surface area contributed by atoms with Gasteiger partial charge in [-0.05, 0) is 25.7 Å². The van der Waals surface area contributed by atoms with Crippen LogP contribution in [0.25, 0.3) is 0 Å². The van der Waals surface area contributed by atoms with Crippen molar-refractivity contribution in [3.05, 3.63) is 0 Å². The van der Waals surface area contributed by atoms with Gasteiger partial charge in [0, 0.05) is 40.8 Å². The second-order valence-electron chi connectivity index (χ2n) is 8.02. The van der Waals surface area contributed by atoms with Gasteiger partial charge in [-0.2, -0.15) is 0 Å². The molecule has 0 bridgehead atoms. The zero-order valence-corrected chi connectivity index (χ0v) is 17.2. The molecule has 1 atom stereocenters. The van der Waals surface area contributed by atoms with Gasteiger partial charge in [0.2, 0.25) is 11.8 Å². The summed E-state index contributed by atoms with van der Waals surface area (Å²) >= 11 is 0. The van der Waals surface area contributed by atoms with Crippen molar-refractivity contribution in [1.29, 1.82) is 0 Å². The van der Waals surface area contributed by atoms with E-state index in [-0.39, 0.29) is 36.5 Å². The molecule has 27 heavy (non-hydrogen) atoms. The molecule has 1 unspecified atom stereocenters. The van der Waals surface area contributed by atoms with Gasteiger partial charge in [-0.25, -0.2) is 4.99 Å². The first-order valence-corrected chi connectivity index (χ1v) is 9.90. The van der Waals surface area contributed by atoms with Crippen LogP contribution in [0.15, 0.2) is 4.99 Å². The highest BCUT2D eigenvalue weighted by Gasteiger charge is 2.38. The highest BCUT2D eigenvalue weighted by Crippen LogP contribution is 2.38.